The molecule has 2 N–H and O–H groups in total. The van der Waals surface area contributed by atoms with Crippen LogP contribution in [0.15, 0.2) is 0 Å². The molecule has 138 valence electrons. The van der Waals surface area contributed by atoms with Gasteiger partial charge >= 0.3 is 6.03 Å². The largest absolute Gasteiger partial charge is 0.377 e. The van der Waals surface area contributed by atoms with Crippen molar-refractivity contribution in [2.75, 3.05) is 6.61 Å². The number of fused-ring (bicyclic) bond motifs is 2. The molecule has 0 unspecified atom stereocenters. The van der Waals surface area contributed by atoms with Gasteiger partial charge < -0.3 is 19.9 Å². The van der Waals surface area contributed by atoms with Crippen LogP contribution in [-0.2, 0) is 17.7 Å². The van der Waals surface area contributed by atoms with Crippen molar-refractivity contribution in [3.8, 4) is 0 Å². The molecule has 0 radical (unpaired) electrons. The molecule has 3 aliphatic rings. The molecule has 4 atom stereocenters. The highest BCUT2D eigenvalue weighted by Gasteiger charge is 2.59. The highest BCUT2D eigenvalue weighted by molar-refractivity contribution is 5.75. The molecule has 25 heavy (non-hydrogen) atoms. The number of nitrogens with one attached hydrogen (secondary N) is 2. The van der Waals surface area contributed by atoms with Crippen LogP contribution < -0.4 is 10.6 Å². The van der Waals surface area contributed by atoms with E-state index in [2.05, 4.69) is 53.1 Å². The van der Waals surface area contributed by atoms with Gasteiger partial charge in [-0.1, -0.05) is 27.7 Å². The Morgan fingerprint density at radius 3 is 2.92 bits per heavy atom. The zero-order chi connectivity index (χ0) is 17.8. The molecule has 1 aromatic heterocycles. The second kappa shape index (κ2) is 5.97. The fourth-order valence-corrected chi connectivity index (χ4v) is 4.87. The highest BCUT2D eigenvalue weighted by Crippen LogP contribution is 2.52. The smallest absolute Gasteiger partial charge is 0.315 e. The Bertz CT molecular complexity index is 668. The number of nitrogens with zero attached hydrogens (tertiary/aromatic N) is 3. The van der Waals surface area contributed by atoms with E-state index in [9.17, 15) is 4.79 Å². The van der Waals surface area contributed by atoms with E-state index < -0.39 is 0 Å². The van der Waals surface area contributed by atoms with Crippen LogP contribution in [0, 0.1) is 17.3 Å². The van der Waals surface area contributed by atoms with E-state index in [4.69, 9.17) is 4.74 Å². The Kier molecular flexibility index (Phi) is 4.02. The first-order chi connectivity index (χ1) is 11.9. The fourth-order valence-electron chi connectivity index (χ4n) is 4.87. The summed E-state index contributed by atoms with van der Waals surface area (Å²) in [6.45, 7) is 10.3. The molecular weight excluding hydrogens is 318 g/mol. The minimum atomic E-state index is -0.127. The molecule has 1 saturated heterocycles. The Morgan fingerprint density at radius 2 is 2.16 bits per heavy atom. The molecule has 2 fully saturated rings. The van der Waals surface area contributed by atoms with Crippen molar-refractivity contribution in [2.24, 2.45) is 17.3 Å². The number of hydrogen-bond donors (Lipinski definition) is 2. The van der Waals surface area contributed by atoms with E-state index in [0.29, 0.717) is 5.92 Å². The van der Waals surface area contributed by atoms with Crippen LogP contribution in [0.5, 0.6) is 0 Å². The molecule has 2 amide bonds. The van der Waals surface area contributed by atoms with Gasteiger partial charge in [-0.05, 0) is 18.8 Å². The van der Waals surface area contributed by atoms with Gasteiger partial charge in [0.25, 0.3) is 0 Å². The van der Waals surface area contributed by atoms with Crippen molar-refractivity contribution in [1.82, 2.24) is 25.4 Å². The van der Waals surface area contributed by atoms with E-state index in [0.717, 1.165) is 44.1 Å². The maximum Gasteiger partial charge on any atom is 0.315 e. The summed E-state index contributed by atoms with van der Waals surface area (Å²) >= 11 is 0. The van der Waals surface area contributed by atoms with E-state index in [1.165, 1.54) is 0 Å². The summed E-state index contributed by atoms with van der Waals surface area (Å²) in [5.41, 5.74) is -0.0120. The summed E-state index contributed by atoms with van der Waals surface area (Å²) in [7, 11) is 0. The number of carbonyl (C=O) groups excluding carboxylic acids is 1. The molecule has 0 aromatic carbocycles. The first kappa shape index (κ1) is 16.8. The highest BCUT2D eigenvalue weighted by atomic mass is 16.5. The number of carbonyl (C=O) groups is 1. The van der Waals surface area contributed by atoms with Gasteiger partial charge in [0.2, 0.25) is 0 Å². The molecule has 0 spiro atoms. The van der Waals surface area contributed by atoms with E-state index in [1.54, 1.807) is 0 Å². The third kappa shape index (κ3) is 2.63. The van der Waals surface area contributed by atoms with E-state index >= 15 is 0 Å². The van der Waals surface area contributed by atoms with Crippen LogP contribution in [-0.4, -0.2) is 39.5 Å². The molecule has 7 nitrogen and oxygen atoms in total. The fraction of sp³-hybridized carbons (Fsp3) is 0.833. The van der Waals surface area contributed by atoms with Crippen molar-refractivity contribution in [1.29, 1.82) is 0 Å². The Hall–Kier alpha value is -1.63. The Labute approximate surface area is 148 Å². The average Bonchev–Trinajstić information content (AvgIpc) is 3.25. The van der Waals surface area contributed by atoms with Crippen molar-refractivity contribution >= 4 is 6.03 Å². The van der Waals surface area contributed by atoms with Crippen LogP contribution in [0.4, 0.5) is 4.79 Å². The minimum Gasteiger partial charge on any atom is -0.377 e. The number of urea groups is 1. The summed E-state index contributed by atoms with van der Waals surface area (Å²) in [4.78, 5) is 12.7. The second-order valence-corrected chi connectivity index (χ2v) is 8.61. The predicted molar refractivity (Wildman–Crippen MR) is 93.0 cm³/mol. The number of aromatic nitrogens is 3. The van der Waals surface area contributed by atoms with E-state index in [-0.39, 0.29) is 35.6 Å². The standard InChI is InChI=1S/C18H29N5O2/c1-10(2)13(16-22-21-12-6-5-8-23(12)16)19-17(24)20-14-11-7-9-25-15(11)18(14,3)4/h10-11,13-15H,5-9H2,1-4H3,(H2,19,20,24)/t11-,13-,14+,15+/m0/s1. The second-order valence-electron chi connectivity index (χ2n) is 8.61. The molecule has 4 rings (SSSR count). The Balaban J connectivity index is 1.45. The van der Waals surface area contributed by atoms with Gasteiger partial charge in [-0.15, -0.1) is 10.2 Å². The molecule has 1 aromatic rings. The van der Waals surface area contributed by atoms with Gasteiger partial charge in [0.05, 0.1) is 12.1 Å². The number of rotatable bonds is 4. The first-order valence-corrected chi connectivity index (χ1v) is 9.50. The Morgan fingerprint density at radius 1 is 1.36 bits per heavy atom. The predicted octanol–water partition coefficient (Wildman–Crippen LogP) is 2.03. The normalized spacial score (nSPS) is 30.5. The number of ether oxygens (including phenoxy) is 1. The van der Waals surface area contributed by atoms with Crippen molar-refractivity contribution in [2.45, 2.75) is 71.7 Å². The first-order valence-electron chi connectivity index (χ1n) is 9.50. The molecule has 2 aliphatic heterocycles. The molecular formula is C18H29N5O2. The third-order valence-electron chi connectivity index (χ3n) is 6.26. The minimum absolute atomic E-state index is 0.0120. The molecule has 1 aliphatic carbocycles. The number of aryl methyl sites for hydroxylation is 1. The van der Waals surface area contributed by atoms with Crippen molar-refractivity contribution in [3.05, 3.63) is 11.6 Å². The monoisotopic (exact) mass is 347 g/mol. The van der Waals surface area contributed by atoms with Crippen LogP contribution in [0.2, 0.25) is 0 Å². The lowest BCUT2D eigenvalue weighted by atomic mass is 9.57. The lowest BCUT2D eigenvalue weighted by Gasteiger charge is -2.54. The summed E-state index contributed by atoms with van der Waals surface area (Å²) in [6.07, 6.45) is 3.39. The molecule has 0 bridgehead atoms. The summed E-state index contributed by atoms with van der Waals surface area (Å²) in [6, 6.07) is -0.0763. The summed E-state index contributed by atoms with van der Waals surface area (Å²) < 4.78 is 7.98. The van der Waals surface area contributed by atoms with Gasteiger partial charge in [-0.3, -0.25) is 0 Å². The zero-order valence-electron chi connectivity index (χ0n) is 15.6. The topological polar surface area (TPSA) is 81.1 Å². The van der Waals surface area contributed by atoms with Crippen molar-refractivity contribution in [3.63, 3.8) is 0 Å². The van der Waals surface area contributed by atoms with Crippen LogP contribution in [0.1, 0.15) is 58.2 Å². The lowest BCUT2D eigenvalue weighted by Crippen LogP contribution is -2.67. The zero-order valence-corrected chi connectivity index (χ0v) is 15.6. The van der Waals surface area contributed by atoms with Gasteiger partial charge in [0.1, 0.15) is 5.82 Å². The van der Waals surface area contributed by atoms with Crippen LogP contribution in [0.25, 0.3) is 0 Å². The summed E-state index contributed by atoms with van der Waals surface area (Å²) in [5.74, 6) is 2.61. The van der Waals surface area contributed by atoms with Gasteiger partial charge in [0.15, 0.2) is 5.82 Å². The quantitative estimate of drug-likeness (QED) is 0.873. The van der Waals surface area contributed by atoms with Gasteiger partial charge in [0, 0.05) is 36.9 Å². The molecule has 1 saturated carbocycles. The van der Waals surface area contributed by atoms with Gasteiger partial charge in [-0.2, -0.15) is 0 Å². The number of amides is 2. The third-order valence-corrected chi connectivity index (χ3v) is 6.26. The van der Waals surface area contributed by atoms with Crippen LogP contribution >= 0.6 is 0 Å². The lowest BCUT2D eigenvalue weighted by molar-refractivity contribution is -0.108. The molecule has 7 heteroatoms. The maximum absolute atomic E-state index is 12.7. The SMILES string of the molecule is CC(C)[C@H](NC(=O)N[C@@H]1[C@@H]2CCO[C@H]2C1(C)C)c1nnc2n1CCC2. The average molecular weight is 347 g/mol. The maximum atomic E-state index is 12.7. The molecule has 3 heterocycles. The van der Waals surface area contributed by atoms with Crippen LogP contribution in [0.3, 0.4) is 0 Å². The number of hydrogen-bond acceptors (Lipinski definition) is 4. The van der Waals surface area contributed by atoms with Crippen molar-refractivity contribution < 1.29 is 9.53 Å². The van der Waals surface area contributed by atoms with Gasteiger partial charge in [-0.25, -0.2) is 4.79 Å². The van der Waals surface area contributed by atoms with E-state index in [1.807, 2.05) is 0 Å². The summed E-state index contributed by atoms with van der Waals surface area (Å²) in [5, 5.41) is 15.0.